The van der Waals surface area contributed by atoms with Crippen LogP contribution in [0.1, 0.15) is 58.8 Å². The average Bonchev–Trinajstić information content (AvgIpc) is 3.03. The Hall–Kier alpha value is -0.420. The predicted molar refractivity (Wildman–Crippen MR) is 106 cm³/mol. The van der Waals surface area contributed by atoms with Crippen molar-refractivity contribution in [2.24, 2.45) is 16.3 Å². The fourth-order valence-electron chi connectivity index (χ4n) is 4.38. The number of rotatable bonds is 7. The molecule has 0 aromatic rings. The summed E-state index contributed by atoms with van der Waals surface area (Å²) in [6, 6.07) is 0. The van der Waals surface area contributed by atoms with E-state index in [0.717, 1.165) is 51.0 Å². The number of guanidine groups is 1. The number of hydrogen-bond acceptors (Lipinski definition) is 3. The van der Waals surface area contributed by atoms with E-state index in [2.05, 4.69) is 35.7 Å². The SMILES string of the molecule is CN=C(NCC1(CC(C)C)CCCC1)NCC1(SC)CCOCC1. The van der Waals surface area contributed by atoms with Crippen LogP contribution in [-0.2, 0) is 4.74 Å². The first-order valence-electron chi connectivity index (χ1n) is 9.61. The third-order valence-corrected chi connectivity index (χ3v) is 7.19. The molecule has 1 heterocycles. The Labute approximate surface area is 153 Å². The highest BCUT2D eigenvalue weighted by molar-refractivity contribution is 8.00. The first-order chi connectivity index (χ1) is 11.5. The zero-order valence-electron chi connectivity index (χ0n) is 16.1. The zero-order valence-corrected chi connectivity index (χ0v) is 16.9. The van der Waals surface area contributed by atoms with E-state index in [1.54, 1.807) is 0 Å². The molecule has 0 bridgehead atoms. The molecule has 4 nitrogen and oxygen atoms in total. The van der Waals surface area contributed by atoms with Gasteiger partial charge in [0.25, 0.3) is 0 Å². The summed E-state index contributed by atoms with van der Waals surface area (Å²) in [6.45, 7) is 8.48. The Kier molecular flexibility index (Phi) is 7.73. The Bertz CT molecular complexity index is 399. The topological polar surface area (TPSA) is 45.7 Å². The monoisotopic (exact) mass is 355 g/mol. The van der Waals surface area contributed by atoms with Crippen LogP contribution in [0.3, 0.4) is 0 Å². The van der Waals surface area contributed by atoms with Crippen LogP contribution in [-0.4, -0.2) is 50.3 Å². The minimum Gasteiger partial charge on any atom is -0.381 e. The van der Waals surface area contributed by atoms with Crippen LogP contribution < -0.4 is 10.6 Å². The maximum absolute atomic E-state index is 5.54. The molecule has 0 unspecified atom stereocenters. The van der Waals surface area contributed by atoms with Gasteiger partial charge in [0.2, 0.25) is 0 Å². The number of ether oxygens (including phenoxy) is 1. The minimum absolute atomic E-state index is 0.291. The van der Waals surface area contributed by atoms with Crippen molar-refractivity contribution in [1.29, 1.82) is 0 Å². The summed E-state index contributed by atoms with van der Waals surface area (Å²) in [6.07, 6.45) is 11.3. The lowest BCUT2D eigenvalue weighted by molar-refractivity contribution is 0.0782. The molecular weight excluding hydrogens is 318 g/mol. The van der Waals surface area contributed by atoms with Crippen molar-refractivity contribution in [2.45, 2.75) is 63.5 Å². The summed E-state index contributed by atoms with van der Waals surface area (Å²) in [7, 11) is 1.88. The number of aliphatic imine (C=N–C) groups is 1. The molecular formula is C19H37N3OS. The van der Waals surface area contributed by atoms with Gasteiger partial charge < -0.3 is 15.4 Å². The molecule has 0 aromatic heterocycles. The van der Waals surface area contributed by atoms with Crippen molar-refractivity contribution in [2.75, 3.05) is 39.6 Å². The highest BCUT2D eigenvalue weighted by Gasteiger charge is 2.35. The van der Waals surface area contributed by atoms with Crippen LogP contribution in [0.2, 0.25) is 0 Å². The second-order valence-electron chi connectivity index (χ2n) is 8.08. The van der Waals surface area contributed by atoms with Gasteiger partial charge in [-0.1, -0.05) is 26.7 Å². The summed E-state index contributed by atoms with van der Waals surface area (Å²) in [5.74, 6) is 1.73. The zero-order chi connectivity index (χ0) is 17.5. The molecule has 140 valence electrons. The number of hydrogen-bond donors (Lipinski definition) is 2. The van der Waals surface area contributed by atoms with Gasteiger partial charge in [-0.05, 0) is 49.7 Å². The third kappa shape index (κ3) is 5.55. The van der Waals surface area contributed by atoms with Crippen molar-refractivity contribution < 1.29 is 4.74 Å². The van der Waals surface area contributed by atoms with Crippen LogP contribution in [0.5, 0.6) is 0 Å². The van der Waals surface area contributed by atoms with Crippen molar-refractivity contribution in [1.82, 2.24) is 10.6 Å². The summed E-state index contributed by atoms with van der Waals surface area (Å²) in [5, 5.41) is 7.22. The smallest absolute Gasteiger partial charge is 0.191 e. The van der Waals surface area contributed by atoms with Crippen molar-refractivity contribution in [3.8, 4) is 0 Å². The molecule has 0 atom stereocenters. The van der Waals surface area contributed by atoms with Gasteiger partial charge in [-0.15, -0.1) is 0 Å². The van der Waals surface area contributed by atoms with Gasteiger partial charge in [0.1, 0.15) is 0 Å². The lowest BCUT2D eigenvalue weighted by Gasteiger charge is -2.36. The summed E-state index contributed by atoms with van der Waals surface area (Å²) in [5.41, 5.74) is 0.474. The van der Waals surface area contributed by atoms with E-state index in [4.69, 9.17) is 4.74 Å². The maximum Gasteiger partial charge on any atom is 0.191 e. The predicted octanol–water partition coefficient (Wildman–Crippen LogP) is 3.67. The third-order valence-electron chi connectivity index (χ3n) is 5.77. The van der Waals surface area contributed by atoms with Crippen LogP contribution in [0.15, 0.2) is 4.99 Å². The molecule has 1 aliphatic carbocycles. The van der Waals surface area contributed by atoms with Crippen LogP contribution >= 0.6 is 11.8 Å². The highest BCUT2D eigenvalue weighted by atomic mass is 32.2. The fourth-order valence-corrected chi connectivity index (χ4v) is 5.17. The Morgan fingerprint density at radius 2 is 1.71 bits per heavy atom. The fraction of sp³-hybridized carbons (Fsp3) is 0.947. The van der Waals surface area contributed by atoms with Gasteiger partial charge in [0.05, 0.1) is 0 Å². The molecule has 2 fully saturated rings. The minimum atomic E-state index is 0.291. The lowest BCUT2D eigenvalue weighted by Crippen LogP contribution is -2.49. The molecule has 2 N–H and O–H groups in total. The number of nitrogens with one attached hydrogen (secondary N) is 2. The van der Waals surface area contributed by atoms with E-state index in [1.807, 2.05) is 18.8 Å². The Morgan fingerprint density at radius 1 is 1.08 bits per heavy atom. The molecule has 5 heteroatoms. The highest BCUT2D eigenvalue weighted by Crippen LogP contribution is 2.42. The first-order valence-corrected chi connectivity index (χ1v) is 10.8. The summed E-state index contributed by atoms with van der Waals surface area (Å²) >= 11 is 1.97. The van der Waals surface area contributed by atoms with Crippen LogP contribution in [0.4, 0.5) is 0 Å². The van der Waals surface area contributed by atoms with Gasteiger partial charge in [-0.3, -0.25) is 4.99 Å². The number of thioether (sulfide) groups is 1. The molecule has 1 saturated carbocycles. The molecule has 1 saturated heterocycles. The Morgan fingerprint density at radius 3 is 2.25 bits per heavy atom. The summed E-state index contributed by atoms with van der Waals surface area (Å²) < 4.78 is 5.83. The molecule has 2 aliphatic rings. The van der Waals surface area contributed by atoms with Gasteiger partial charge in [0, 0.05) is 38.1 Å². The van der Waals surface area contributed by atoms with E-state index in [1.165, 1.54) is 32.1 Å². The molecule has 1 aliphatic heterocycles. The van der Waals surface area contributed by atoms with Gasteiger partial charge in [-0.2, -0.15) is 11.8 Å². The van der Waals surface area contributed by atoms with Crippen molar-refractivity contribution in [3.63, 3.8) is 0 Å². The number of nitrogens with zero attached hydrogens (tertiary/aromatic N) is 1. The standard InChI is InChI=1S/C19H37N3OS/c1-16(2)13-18(7-5-6-8-18)14-21-17(20-3)22-15-19(24-4)9-11-23-12-10-19/h16H,5-15H2,1-4H3,(H2,20,21,22). The van der Waals surface area contributed by atoms with E-state index in [0.29, 0.717) is 10.2 Å². The molecule has 0 spiro atoms. The van der Waals surface area contributed by atoms with Crippen molar-refractivity contribution >= 4 is 17.7 Å². The summed E-state index contributed by atoms with van der Waals surface area (Å²) in [4.78, 5) is 4.46. The molecule has 24 heavy (non-hydrogen) atoms. The van der Waals surface area contributed by atoms with E-state index < -0.39 is 0 Å². The van der Waals surface area contributed by atoms with E-state index in [-0.39, 0.29) is 0 Å². The largest absolute Gasteiger partial charge is 0.381 e. The van der Waals surface area contributed by atoms with E-state index >= 15 is 0 Å². The average molecular weight is 356 g/mol. The van der Waals surface area contributed by atoms with Gasteiger partial charge in [-0.25, -0.2) is 0 Å². The second-order valence-corrected chi connectivity index (χ2v) is 9.36. The first kappa shape index (κ1) is 19.9. The van der Waals surface area contributed by atoms with Gasteiger partial charge >= 0.3 is 0 Å². The molecule has 0 amide bonds. The van der Waals surface area contributed by atoms with Crippen molar-refractivity contribution in [3.05, 3.63) is 0 Å². The normalized spacial score (nSPS) is 23.5. The molecule has 0 radical (unpaired) electrons. The quantitative estimate of drug-likeness (QED) is 0.540. The molecule has 0 aromatic carbocycles. The second kappa shape index (κ2) is 9.33. The maximum atomic E-state index is 5.54. The van der Waals surface area contributed by atoms with E-state index in [9.17, 15) is 0 Å². The van der Waals surface area contributed by atoms with Crippen LogP contribution in [0.25, 0.3) is 0 Å². The lowest BCUT2D eigenvalue weighted by atomic mass is 9.78. The van der Waals surface area contributed by atoms with Gasteiger partial charge in [0.15, 0.2) is 5.96 Å². The Balaban J connectivity index is 1.85. The van der Waals surface area contributed by atoms with Crippen LogP contribution in [0, 0.1) is 11.3 Å². The molecule has 2 rings (SSSR count).